The maximum Gasteiger partial charge on any atom is 0.252 e. The Morgan fingerprint density at radius 3 is 2.75 bits per heavy atom. The molecule has 2 amide bonds. The number of nitrogens with one attached hydrogen (secondary N) is 1. The van der Waals surface area contributed by atoms with Crippen molar-refractivity contribution in [3.8, 4) is 0 Å². The number of aromatic nitrogens is 1. The van der Waals surface area contributed by atoms with Gasteiger partial charge in [-0.25, -0.2) is 4.98 Å². The number of rotatable bonds is 4. The Bertz CT molecular complexity index is 393. The second kappa shape index (κ2) is 5.17. The van der Waals surface area contributed by atoms with E-state index in [-0.39, 0.29) is 12.1 Å². The van der Waals surface area contributed by atoms with Gasteiger partial charge >= 0.3 is 0 Å². The lowest BCUT2D eigenvalue weighted by molar-refractivity contribution is -0.125. The Morgan fingerprint density at radius 2 is 2.25 bits per heavy atom. The number of amides is 2. The highest BCUT2D eigenvalue weighted by Gasteiger charge is 2.13. The fraction of sp³-hybridized carbons (Fsp3) is 0.222. The van der Waals surface area contributed by atoms with E-state index in [1.54, 1.807) is 0 Å². The summed E-state index contributed by atoms with van der Waals surface area (Å²) in [5, 5.41) is 11.2. The van der Waals surface area contributed by atoms with Crippen molar-refractivity contribution in [1.82, 2.24) is 10.3 Å². The molecule has 0 saturated heterocycles. The van der Waals surface area contributed by atoms with E-state index in [1.165, 1.54) is 6.07 Å². The van der Waals surface area contributed by atoms with Crippen molar-refractivity contribution >= 4 is 11.8 Å². The zero-order chi connectivity index (χ0) is 12.1. The van der Waals surface area contributed by atoms with Gasteiger partial charge in [-0.1, -0.05) is 0 Å². The highest BCUT2D eigenvalue weighted by molar-refractivity contribution is 5.94. The Balaban J connectivity index is 2.53. The van der Waals surface area contributed by atoms with Crippen LogP contribution >= 0.6 is 0 Å². The highest BCUT2D eigenvalue weighted by atomic mass is 19.1. The number of nitrogens with zero attached hydrogens (tertiary/aromatic N) is 1. The molecule has 0 bridgehead atoms. The fourth-order valence-electron chi connectivity index (χ4n) is 0.902. The SMILES string of the molecule is NC(=O)C(O)CNC(=O)c1ccc(F)nc1. The van der Waals surface area contributed by atoms with Gasteiger partial charge < -0.3 is 16.2 Å². The quantitative estimate of drug-likeness (QED) is 0.561. The van der Waals surface area contributed by atoms with Crippen molar-refractivity contribution in [3.05, 3.63) is 29.8 Å². The smallest absolute Gasteiger partial charge is 0.252 e. The zero-order valence-corrected chi connectivity index (χ0v) is 8.18. The minimum Gasteiger partial charge on any atom is -0.381 e. The summed E-state index contributed by atoms with van der Waals surface area (Å²) >= 11 is 0. The van der Waals surface area contributed by atoms with Crippen LogP contribution in [0.4, 0.5) is 4.39 Å². The summed E-state index contributed by atoms with van der Waals surface area (Å²) in [4.78, 5) is 25.1. The number of pyridine rings is 1. The molecule has 0 aliphatic rings. The van der Waals surface area contributed by atoms with E-state index in [9.17, 15) is 14.0 Å². The molecule has 0 aromatic carbocycles. The van der Waals surface area contributed by atoms with Gasteiger partial charge in [0.15, 0.2) is 0 Å². The number of aliphatic hydroxyl groups is 1. The lowest BCUT2D eigenvalue weighted by Gasteiger charge is -2.07. The van der Waals surface area contributed by atoms with Gasteiger partial charge in [0.2, 0.25) is 11.9 Å². The number of aliphatic hydroxyl groups excluding tert-OH is 1. The first kappa shape index (κ1) is 12.1. The molecule has 0 aliphatic heterocycles. The minimum atomic E-state index is -1.45. The van der Waals surface area contributed by atoms with E-state index in [0.29, 0.717) is 0 Å². The molecule has 0 spiro atoms. The number of hydrogen-bond acceptors (Lipinski definition) is 4. The van der Waals surface area contributed by atoms with Gasteiger partial charge in [0.1, 0.15) is 6.10 Å². The molecular formula is C9H10FN3O3. The van der Waals surface area contributed by atoms with E-state index in [4.69, 9.17) is 10.8 Å². The lowest BCUT2D eigenvalue weighted by Crippen LogP contribution is -2.40. The molecule has 0 fully saturated rings. The number of halogens is 1. The van der Waals surface area contributed by atoms with Gasteiger partial charge in [-0.05, 0) is 12.1 Å². The summed E-state index contributed by atoms with van der Waals surface area (Å²) < 4.78 is 12.4. The predicted molar refractivity (Wildman–Crippen MR) is 51.7 cm³/mol. The average Bonchev–Trinajstić information content (AvgIpc) is 2.26. The van der Waals surface area contributed by atoms with Crippen LogP contribution in [0, 0.1) is 5.95 Å². The van der Waals surface area contributed by atoms with Crippen LogP contribution in [0.3, 0.4) is 0 Å². The zero-order valence-electron chi connectivity index (χ0n) is 8.18. The Morgan fingerprint density at radius 1 is 1.56 bits per heavy atom. The van der Waals surface area contributed by atoms with Gasteiger partial charge in [0.25, 0.3) is 5.91 Å². The predicted octanol–water partition coefficient (Wildman–Crippen LogP) is -1.20. The van der Waals surface area contributed by atoms with E-state index >= 15 is 0 Å². The molecule has 0 aliphatic carbocycles. The summed E-state index contributed by atoms with van der Waals surface area (Å²) in [5.74, 6) is -2.21. The van der Waals surface area contributed by atoms with Crippen LogP contribution < -0.4 is 11.1 Å². The molecule has 1 unspecified atom stereocenters. The summed E-state index contributed by atoms with van der Waals surface area (Å²) in [6, 6.07) is 2.26. The summed E-state index contributed by atoms with van der Waals surface area (Å²) in [6.45, 7) is -0.300. The number of primary amides is 1. The summed E-state index contributed by atoms with van der Waals surface area (Å²) in [6.07, 6.45) is -0.404. The standard InChI is InChI=1S/C9H10FN3O3/c10-7-2-1-5(3-12-7)9(16)13-4-6(14)8(11)15/h1-3,6,14H,4H2,(H2,11,15)(H,13,16). The molecule has 4 N–H and O–H groups in total. The molecule has 1 aromatic rings. The van der Waals surface area contributed by atoms with Gasteiger partial charge in [-0.15, -0.1) is 0 Å². The first-order valence-electron chi connectivity index (χ1n) is 4.38. The third-order valence-electron chi connectivity index (χ3n) is 1.77. The molecular weight excluding hydrogens is 217 g/mol. The van der Waals surface area contributed by atoms with E-state index in [2.05, 4.69) is 10.3 Å². The summed E-state index contributed by atoms with van der Waals surface area (Å²) in [7, 11) is 0. The van der Waals surface area contributed by atoms with E-state index in [0.717, 1.165) is 12.3 Å². The third-order valence-corrected chi connectivity index (χ3v) is 1.77. The molecule has 6 nitrogen and oxygen atoms in total. The molecule has 0 saturated carbocycles. The molecule has 1 heterocycles. The van der Waals surface area contributed by atoms with Crippen molar-refractivity contribution < 1.29 is 19.1 Å². The summed E-state index contributed by atoms with van der Waals surface area (Å²) in [5.41, 5.74) is 4.90. The topological polar surface area (TPSA) is 105 Å². The van der Waals surface area contributed by atoms with Crippen LogP contribution in [0.1, 0.15) is 10.4 Å². The first-order valence-corrected chi connectivity index (χ1v) is 4.38. The van der Waals surface area contributed by atoms with Crippen molar-refractivity contribution in [2.75, 3.05) is 6.54 Å². The van der Waals surface area contributed by atoms with E-state index in [1.807, 2.05) is 0 Å². The van der Waals surface area contributed by atoms with Crippen LogP contribution in [-0.2, 0) is 4.79 Å². The monoisotopic (exact) mass is 227 g/mol. The van der Waals surface area contributed by atoms with Crippen LogP contribution in [0.2, 0.25) is 0 Å². The number of hydrogen-bond donors (Lipinski definition) is 3. The minimum absolute atomic E-state index is 0.123. The Labute approximate surface area is 90.3 Å². The maximum atomic E-state index is 12.4. The largest absolute Gasteiger partial charge is 0.381 e. The second-order valence-corrected chi connectivity index (χ2v) is 3.00. The van der Waals surface area contributed by atoms with Crippen LogP contribution in [0.5, 0.6) is 0 Å². The molecule has 7 heteroatoms. The molecule has 1 rings (SSSR count). The molecule has 16 heavy (non-hydrogen) atoms. The van der Waals surface area contributed by atoms with Crippen LogP contribution in [0.15, 0.2) is 18.3 Å². The van der Waals surface area contributed by atoms with Gasteiger partial charge in [-0.3, -0.25) is 9.59 Å². The van der Waals surface area contributed by atoms with Crippen LogP contribution in [-0.4, -0.2) is 34.6 Å². The van der Waals surface area contributed by atoms with Gasteiger partial charge in [0, 0.05) is 6.20 Å². The lowest BCUT2D eigenvalue weighted by atomic mass is 10.2. The number of carbonyl (C=O) groups excluding carboxylic acids is 2. The molecule has 1 aromatic heterocycles. The normalized spacial score (nSPS) is 11.9. The maximum absolute atomic E-state index is 12.4. The number of carbonyl (C=O) groups is 2. The Hall–Kier alpha value is -2.02. The second-order valence-electron chi connectivity index (χ2n) is 3.00. The van der Waals surface area contributed by atoms with Crippen LogP contribution in [0.25, 0.3) is 0 Å². The van der Waals surface area contributed by atoms with Crippen molar-refractivity contribution in [1.29, 1.82) is 0 Å². The van der Waals surface area contributed by atoms with E-state index < -0.39 is 23.9 Å². The molecule has 86 valence electrons. The molecule has 1 atom stereocenters. The van der Waals surface area contributed by atoms with Crippen molar-refractivity contribution in [2.24, 2.45) is 5.73 Å². The number of nitrogens with two attached hydrogens (primary N) is 1. The third kappa shape index (κ3) is 3.28. The van der Waals surface area contributed by atoms with Crippen molar-refractivity contribution in [2.45, 2.75) is 6.10 Å². The van der Waals surface area contributed by atoms with Gasteiger partial charge in [0.05, 0.1) is 12.1 Å². The first-order chi connectivity index (χ1) is 7.50. The Kier molecular flexibility index (Phi) is 3.90. The van der Waals surface area contributed by atoms with Crippen molar-refractivity contribution in [3.63, 3.8) is 0 Å². The molecule has 0 radical (unpaired) electrons. The van der Waals surface area contributed by atoms with Gasteiger partial charge in [-0.2, -0.15) is 4.39 Å². The fourth-order valence-corrected chi connectivity index (χ4v) is 0.902. The highest BCUT2D eigenvalue weighted by Crippen LogP contribution is 1.98. The average molecular weight is 227 g/mol.